The molecule has 0 fully saturated rings. The fourth-order valence-corrected chi connectivity index (χ4v) is 4.05. The molecule has 0 aliphatic heterocycles. The minimum atomic E-state index is 0. The summed E-state index contributed by atoms with van der Waals surface area (Å²) in [5.74, 6) is 0. The van der Waals surface area contributed by atoms with Gasteiger partial charge in [0, 0.05) is 0 Å². The van der Waals surface area contributed by atoms with Gasteiger partial charge in [0.05, 0.1) is 0 Å². The number of halogens is 2. The van der Waals surface area contributed by atoms with Gasteiger partial charge in [0.2, 0.25) is 0 Å². The Hall–Kier alpha value is -2.22. The van der Waals surface area contributed by atoms with Gasteiger partial charge in [-0.1, -0.05) is 96.1 Å². The molecule has 0 saturated carbocycles. The van der Waals surface area contributed by atoms with Gasteiger partial charge >= 0.3 is 26.2 Å². The Kier molecular flexibility index (Phi) is 12.5. The molecular weight excluding hydrogens is 551 g/mol. The van der Waals surface area contributed by atoms with Gasteiger partial charge in [-0.2, -0.15) is 17.5 Å². The summed E-state index contributed by atoms with van der Waals surface area (Å²) < 4.78 is 0. The summed E-state index contributed by atoms with van der Waals surface area (Å²) in [5, 5.41) is 5.28. The third-order valence-corrected chi connectivity index (χ3v) is 5.49. The minimum absolute atomic E-state index is 0. The van der Waals surface area contributed by atoms with E-state index in [1.54, 1.807) is 0 Å². The van der Waals surface area contributed by atoms with Gasteiger partial charge in [0.15, 0.2) is 0 Å². The molecule has 0 heterocycles. The van der Waals surface area contributed by atoms with Crippen LogP contribution in [0.5, 0.6) is 0 Å². The molecule has 34 heavy (non-hydrogen) atoms. The van der Waals surface area contributed by atoms with Crippen molar-refractivity contribution in [2.45, 2.75) is 0 Å². The Labute approximate surface area is 237 Å². The normalized spacial score (nSPS) is 9.41. The maximum Gasteiger partial charge on any atom is 4.00 e. The monoisotopic (exact) mass is 573 g/mol. The van der Waals surface area contributed by atoms with Gasteiger partial charge in [-0.3, -0.25) is 0 Å². The van der Waals surface area contributed by atoms with Crippen LogP contribution in [-0.2, 0) is 26.2 Å². The second kappa shape index (κ2) is 14.2. The predicted molar refractivity (Wildman–Crippen MR) is 140 cm³/mol. The first-order chi connectivity index (χ1) is 14.9. The van der Waals surface area contributed by atoms with Crippen LogP contribution in [0.1, 0.15) is 0 Å². The number of hydrogen-bond donors (Lipinski definition) is 0. The molecule has 6 rings (SSSR count). The number of fused-ring (bicyclic) bond motifs is 2. The third-order valence-electron chi connectivity index (χ3n) is 5.49. The van der Waals surface area contributed by atoms with Gasteiger partial charge in [-0.15, -0.1) is 63.7 Å². The van der Waals surface area contributed by atoms with Crippen LogP contribution < -0.4 is 24.8 Å². The second-order valence-corrected chi connectivity index (χ2v) is 7.41. The second-order valence-electron chi connectivity index (χ2n) is 7.41. The molecule has 0 aliphatic carbocycles. The van der Waals surface area contributed by atoms with E-state index < -0.39 is 0 Å². The molecule has 167 valence electrons. The van der Waals surface area contributed by atoms with E-state index in [1.165, 1.54) is 43.8 Å². The molecule has 6 aromatic carbocycles. The van der Waals surface area contributed by atoms with Crippen molar-refractivity contribution >= 4 is 32.5 Å². The molecule has 0 atom stereocenters. The summed E-state index contributed by atoms with van der Waals surface area (Å²) in [4.78, 5) is 0. The first-order valence-electron chi connectivity index (χ1n) is 10.3. The molecule has 0 amide bonds. The van der Waals surface area contributed by atoms with Crippen molar-refractivity contribution in [3.63, 3.8) is 0 Å². The molecular formula is C30H25Cl2SiZr. The standard InChI is InChI=1S/C21H15.C9H7.2ClH.H3Si.Zr/c1-3-9-16(10-4-1)20-15-18-13-7-8-14-19(18)21(20)17-11-5-2-6-12-17;1-2-5-9-7-3-6-8(9)4-1;;;;/h1-15H;1-7H;2*1H;1H3;/q2*-1;;;;+4/p-2. The zero-order valence-electron chi connectivity index (χ0n) is 19.0. The molecule has 4 heteroatoms. The van der Waals surface area contributed by atoms with Crippen LogP contribution in [0.15, 0.2) is 133 Å². The Balaban J connectivity index is 0.000000382. The van der Waals surface area contributed by atoms with Crippen molar-refractivity contribution in [2.24, 2.45) is 0 Å². The molecule has 0 spiro atoms. The van der Waals surface area contributed by atoms with Crippen molar-refractivity contribution in [1.29, 1.82) is 0 Å². The van der Waals surface area contributed by atoms with E-state index in [1.807, 2.05) is 0 Å². The predicted octanol–water partition coefficient (Wildman–Crippen LogP) is 1.27. The van der Waals surface area contributed by atoms with E-state index in [0.717, 1.165) is 0 Å². The fraction of sp³-hybridized carbons (Fsp3) is 0. The van der Waals surface area contributed by atoms with Crippen LogP contribution in [0.2, 0.25) is 0 Å². The van der Waals surface area contributed by atoms with Gasteiger partial charge in [0.1, 0.15) is 0 Å². The topological polar surface area (TPSA) is 0 Å². The molecule has 0 saturated heterocycles. The zero-order valence-corrected chi connectivity index (χ0v) is 24.9. The van der Waals surface area contributed by atoms with E-state index in [4.69, 9.17) is 0 Å². The molecule has 0 N–H and O–H groups in total. The summed E-state index contributed by atoms with van der Waals surface area (Å²) in [6.45, 7) is 0. The van der Waals surface area contributed by atoms with Crippen molar-refractivity contribution in [3.05, 3.63) is 133 Å². The van der Waals surface area contributed by atoms with Crippen LogP contribution in [0, 0.1) is 0 Å². The first kappa shape index (κ1) is 29.8. The van der Waals surface area contributed by atoms with Crippen molar-refractivity contribution in [3.8, 4) is 22.3 Å². The quantitative estimate of drug-likeness (QED) is 0.216. The summed E-state index contributed by atoms with van der Waals surface area (Å²) in [7, 11) is 0. The number of benzene rings is 4. The molecule has 6 aromatic rings. The molecule has 0 nitrogen and oxygen atoms in total. The maximum atomic E-state index is 2.30. The maximum absolute atomic E-state index is 2.30. The van der Waals surface area contributed by atoms with Crippen molar-refractivity contribution in [2.75, 3.05) is 0 Å². The number of hydrogen-bond acceptors (Lipinski definition) is 0. The van der Waals surface area contributed by atoms with Crippen LogP contribution >= 0.6 is 0 Å². The fourth-order valence-electron chi connectivity index (χ4n) is 4.05. The average molecular weight is 576 g/mol. The van der Waals surface area contributed by atoms with E-state index in [-0.39, 0.29) is 62.0 Å². The average Bonchev–Trinajstić information content (AvgIpc) is 3.45. The van der Waals surface area contributed by atoms with Crippen LogP contribution in [0.3, 0.4) is 0 Å². The summed E-state index contributed by atoms with van der Waals surface area (Å²) in [6.07, 6.45) is 0. The van der Waals surface area contributed by atoms with Gasteiger partial charge in [0.25, 0.3) is 0 Å². The Morgan fingerprint density at radius 1 is 0.500 bits per heavy atom. The van der Waals surface area contributed by atoms with Crippen molar-refractivity contribution in [1.82, 2.24) is 0 Å². The molecule has 0 aliphatic rings. The number of rotatable bonds is 2. The summed E-state index contributed by atoms with van der Waals surface area (Å²) in [6, 6.07) is 46.9. The van der Waals surface area contributed by atoms with Crippen LogP contribution in [-0.4, -0.2) is 11.0 Å². The Bertz CT molecular complexity index is 1360. The van der Waals surface area contributed by atoms with Crippen molar-refractivity contribution < 1.29 is 51.0 Å². The van der Waals surface area contributed by atoms with Crippen LogP contribution in [0.4, 0.5) is 0 Å². The molecule has 0 unspecified atom stereocenters. The molecule has 0 bridgehead atoms. The van der Waals surface area contributed by atoms with Gasteiger partial charge < -0.3 is 24.8 Å². The molecule has 0 aromatic heterocycles. The Morgan fingerprint density at radius 2 is 1.03 bits per heavy atom. The minimum Gasteiger partial charge on any atom is -1.00 e. The van der Waals surface area contributed by atoms with Gasteiger partial charge in [-0.05, 0) is 11.0 Å². The van der Waals surface area contributed by atoms with E-state index in [2.05, 4.69) is 133 Å². The van der Waals surface area contributed by atoms with E-state index in [0.29, 0.717) is 0 Å². The summed E-state index contributed by atoms with van der Waals surface area (Å²) >= 11 is 0. The Morgan fingerprint density at radius 3 is 1.68 bits per heavy atom. The third kappa shape index (κ3) is 6.46. The summed E-state index contributed by atoms with van der Waals surface area (Å²) in [5.41, 5.74) is 5.19. The first-order valence-corrected chi connectivity index (χ1v) is 10.3. The van der Waals surface area contributed by atoms with E-state index in [9.17, 15) is 0 Å². The van der Waals surface area contributed by atoms with E-state index >= 15 is 0 Å². The zero-order chi connectivity index (χ0) is 20.2. The van der Waals surface area contributed by atoms with Crippen LogP contribution in [0.25, 0.3) is 43.8 Å². The smallest absolute Gasteiger partial charge is 1.00 e. The van der Waals surface area contributed by atoms with Gasteiger partial charge in [-0.25, -0.2) is 0 Å². The largest absolute Gasteiger partial charge is 4.00 e. The SMILES string of the molecule is [Cl-].[Cl-].[SiH3].[Zr+4].c1ccc(-c2[cH-]c3ccccc3c2-c2ccccc2)cc1.c1ccc2[cH-]ccc2c1. The molecule has 1 radical (unpaired) electrons.